The van der Waals surface area contributed by atoms with E-state index in [0.717, 1.165) is 73.6 Å². The molecule has 1 fully saturated rings. The fourth-order valence-corrected chi connectivity index (χ4v) is 3.59. The number of nitrogens with one attached hydrogen (secondary N) is 2. The Morgan fingerprint density at radius 3 is 2.80 bits per heavy atom. The van der Waals surface area contributed by atoms with Crippen molar-refractivity contribution in [3.63, 3.8) is 0 Å². The Hall–Kier alpha value is -3.20. The van der Waals surface area contributed by atoms with Gasteiger partial charge in [-0.2, -0.15) is 5.10 Å². The largest absolute Gasteiger partial charge is 0.361 e. The highest BCUT2D eigenvalue weighted by molar-refractivity contribution is 5.80. The molecule has 158 valence electrons. The van der Waals surface area contributed by atoms with Crippen LogP contribution in [0, 0.1) is 6.92 Å². The topological polar surface area (TPSA) is 98.5 Å². The van der Waals surface area contributed by atoms with Gasteiger partial charge in [-0.05, 0) is 25.5 Å². The predicted octanol–water partition coefficient (Wildman–Crippen LogP) is 2.05. The van der Waals surface area contributed by atoms with Crippen LogP contribution in [0.15, 0.2) is 46.2 Å². The van der Waals surface area contributed by atoms with Gasteiger partial charge >= 0.3 is 0 Å². The van der Waals surface area contributed by atoms with E-state index in [-0.39, 0.29) is 0 Å². The molecule has 0 atom stereocenters. The lowest BCUT2D eigenvalue weighted by Gasteiger charge is -2.36. The Balaban J connectivity index is 1.37. The van der Waals surface area contributed by atoms with Crippen LogP contribution in [0.1, 0.15) is 23.9 Å². The van der Waals surface area contributed by atoms with Crippen molar-refractivity contribution in [2.24, 2.45) is 4.99 Å². The summed E-state index contributed by atoms with van der Waals surface area (Å²) in [5, 5.41) is 14.4. The zero-order valence-electron chi connectivity index (χ0n) is 17.5. The molecule has 9 heteroatoms. The molecule has 4 rings (SSSR count). The molecule has 0 bridgehead atoms. The number of aromatic amines is 1. The molecule has 1 aliphatic rings. The predicted molar refractivity (Wildman–Crippen MR) is 115 cm³/mol. The van der Waals surface area contributed by atoms with Crippen molar-refractivity contribution < 1.29 is 4.52 Å². The van der Waals surface area contributed by atoms with E-state index in [2.05, 4.69) is 54.5 Å². The minimum atomic E-state index is 0.614. The molecule has 30 heavy (non-hydrogen) atoms. The third kappa shape index (κ3) is 5.04. The van der Waals surface area contributed by atoms with Gasteiger partial charge in [-0.15, -0.1) is 0 Å². The second-order valence-corrected chi connectivity index (χ2v) is 7.40. The first-order chi connectivity index (χ1) is 14.7. The van der Waals surface area contributed by atoms with Gasteiger partial charge in [0.1, 0.15) is 12.1 Å². The van der Waals surface area contributed by atoms with E-state index in [4.69, 9.17) is 9.52 Å². The number of hydrogen-bond donors (Lipinski definition) is 2. The van der Waals surface area contributed by atoms with Gasteiger partial charge in [0.2, 0.25) is 0 Å². The Bertz CT molecular complexity index is 957. The SMILES string of the molecule is CCNC(=NCc1cccc(-c2ncn[nH]2)c1)N1CCN(Cc2cc(C)on2)CC1. The Morgan fingerprint density at radius 2 is 2.10 bits per heavy atom. The zero-order valence-corrected chi connectivity index (χ0v) is 17.5. The van der Waals surface area contributed by atoms with E-state index >= 15 is 0 Å². The van der Waals surface area contributed by atoms with Crippen LogP contribution in [-0.2, 0) is 13.1 Å². The first kappa shape index (κ1) is 20.1. The normalized spacial score (nSPS) is 15.5. The molecule has 3 heterocycles. The number of rotatable bonds is 6. The van der Waals surface area contributed by atoms with Crippen LogP contribution in [0.3, 0.4) is 0 Å². The van der Waals surface area contributed by atoms with Crippen molar-refractivity contribution in [3.8, 4) is 11.4 Å². The Labute approximate surface area is 176 Å². The maximum absolute atomic E-state index is 5.18. The number of aromatic nitrogens is 4. The average Bonchev–Trinajstić information content (AvgIpc) is 3.44. The lowest BCUT2D eigenvalue weighted by molar-refractivity contribution is 0.169. The summed E-state index contributed by atoms with van der Waals surface area (Å²) in [7, 11) is 0. The molecule has 1 saturated heterocycles. The minimum absolute atomic E-state index is 0.614. The van der Waals surface area contributed by atoms with Crippen LogP contribution in [0.2, 0.25) is 0 Å². The number of hydrogen-bond acceptors (Lipinski definition) is 6. The summed E-state index contributed by atoms with van der Waals surface area (Å²) < 4.78 is 5.18. The molecule has 1 aromatic carbocycles. The lowest BCUT2D eigenvalue weighted by Crippen LogP contribution is -2.52. The van der Waals surface area contributed by atoms with E-state index in [0.29, 0.717) is 6.54 Å². The smallest absolute Gasteiger partial charge is 0.194 e. The fourth-order valence-electron chi connectivity index (χ4n) is 3.59. The molecular formula is C21H28N8O. The summed E-state index contributed by atoms with van der Waals surface area (Å²) in [6.07, 6.45) is 1.52. The van der Waals surface area contributed by atoms with Crippen molar-refractivity contribution in [3.05, 3.63) is 53.7 Å². The maximum atomic E-state index is 5.18. The molecule has 1 aliphatic heterocycles. The quantitative estimate of drug-likeness (QED) is 0.476. The highest BCUT2D eigenvalue weighted by Crippen LogP contribution is 2.16. The van der Waals surface area contributed by atoms with Crippen LogP contribution in [-0.4, -0.2) is 68.8 Å². The second-order valence-electron chi connectivity index (χ2n) is 7.40. The summed E-state index contributed by atoms with van der Waals surface area (Å²) in [5.41, 5.74) is 3.15. The number of H-pyrrole nitrogens is 1. The van der Waals surface area contributed by atoms with Crippen LogP contribution in [0.4, 0.5) is 0 Å². The highest BCUT2D eigenvalue weighted by Gasteiger charge is 2.20. The molecule has 2 aromatic heterocycles. The van der Waals surface area contributed by atoms with Crippen LogP contribution in [0.25, 0.3) is 11.4 Å². The number of guanidine groups is 1. The Kier molecular flexibility index (Phi) is 6.38. The van der Waals surface area contributed by atoms with Crippen LogP contribution < -0.4 is 5.32 Å². The van der Waals surface area contributed by atoms with Crippen LogP contribution >= 0.6 is 0 Å². The molecule has 0 spiro atoms. The van der Waals surface area contributed by atoms with E-state index in [1.807, 2.05) is 25.1 Å². The molecule has 2 N–H and O–H groups in total. The first-order valence-electron chi connectivity index (χ1n) is 10.3. The van der Waals surface area contributed by atoms with Crippen molar-refractivity contribution in [1.29, 1.82) is 0 Å². The van der Waals surface area contributed by atoms with Crippen LogP contribution in [0.5, 0.6) is 0 Å². The van der Waals surface area contributed by atoms with E-state index in [9.17, 15) is 0 Å². The third-order valence-corrected chi connectivity index (χ3v) is 5.10. The van der Waals surface area contributed by atoms with Gasteiger partial charge < -0.3 is 14.7 Å². The third-order valence-electron chi connectivity index (χ3n) is 5.10. The monoisotopic (exact) mass is 408 g/mol. The van der Waals surface area contributed by atoms with Gasteiger partial charge in [0.05, 0.1) is 12.2 Å². The number of nitrogens with zero attached hydrogens (tertiary/aromatic N) is 6. The summed E-state index contributed by atoms with van der Waals surface area (Å²) in [5.74, 6) is 2.59. The molecule has 0 aliphatic carbocycles. The molecule has 9 nitrogen and oxygen atoms in total. The highest BCUT2D eigenvalue weighted by atomic mass is 16.5. The number of aliphatic imine (C=N–C) groups is 1. The van der Waals surface area contributed by atoms with Gasteiger partial charge in [-0.25, -0.2) is 9.98 Å². The van der Waals surface area contributed by atoms with Crippen molar-refractivity contribution in [1.82, 2.24) is 35.5 Å². The van der Waals surface area contributed by atoms with E-state index in [1.165, 1.54) is 6.33 Å². The lowest BCUT2D eigenvalue weighted by atomic mass is 10.1. The maximum Gasteiger partial charge on any atom is 0.194 e. The fraction of sp³-hybridized carbons (Fsp3) is 0.429. The second kappa shape index (κ2) is 9.53. The molecular weight excluding hydrogens is 380 g/mol. The van der Waals surface area contributed by atoms with Crippen molar-refractivity contribution in [2.45, 2.75) is 26.9 Å². The molecule has 0 radical (unpaired) electrons. The van der Waals surface area contributed by atoms with Crippen molar-refractivity contribution in [2.75, 3.05) is 32.7 Å². The Morgan fingerprint density at radius 1 is 1.23 bits per heavy atom. The van der Waals surface area contributed by atoms with E-state index in [1.54, 1.807) is 0 Å². The number of aryl methyl sites for hydroxylation is 1. The summed E-state index contributed by atoms with van der Waals surface area (Å²) in [6, 6.07) is 10.2. The summed E-state index contributed by atoms with van der Waals surface area (Å²) in [6.45, 7) is 10.1. The molecule has 0 saturated carbocycles. The van der Waals surface area contributed by atoms with Gasteiger partial charge in [-0.1, -0.05) is 23.4 Å². The number of piperazine rings is 1. The van der Waals surface area contributed by atoms with Gasteiger partial charge in [-0.3, -0.25) is 10.00 Å². The minimum Gasteiger partial charge on any atom is -0.361 e. The first-order valence-corrected chi connectivity index (χ1v) is 10.3. The van der Waals surface area contributed by atoms with Gasteiger partial charge in [0.15, 0.2) is 11.8 Å². The summed E-state index contributed by atoms with van der Waals surface area (Å²) in [4.78, 5) is 13.8. The van der Waals surface area contributed by atoms with Gasteiger partial charge in [0, 0.05) is 50.9 Å². The molecule has 3 aromatic rings. The number of benzene rings is 1. The zero-order chi connectivity index (χ0) is 20.8. The average molecular weight is 409 g/mol. The van der Waals surface area contributed by atoms with Crippen molar-refractivity contribution >= 4 is 5.96 Å². The summed E-state index contributed by atoms with van der Waals surface area (Å²) >= 11 is 0. The van der Waals surface area contributed by atoms with E-state index < -0.39 is 0 Å². The molecule has 0 amide bonds. The van der Waals surface area contributed by atoms with Gasteiger partial charge in [0.25, 0.3) is 0 Å². The molecule has 0 unspecified atom stereocenters. The standard InChI is InChI=1S/C21H28N8O/c1-3-22-21(23-13-17-5-4-6-18(12-17)20-24-15-25-26-20)29-9-7-28(8-10-29)14-19-11-16(2)30-27-19/h4-6,11-12,15H,3,7-10,13-14H2,1-2H3,(H,22,23)(H,24,25,26).